The van der Waals surface area contributed by atoms with E-state index in [9.17, 15) is 9.59 Å². The van der Waals surface area contributed by atoms with E-state index in [4.69, 9.17) is 0 Å². The zero-order valence-corrected chi connectivity index (χ0v) is 14.6. The van der Waals surface area contributed by atoms with Crippen LogP contribution in [0.5, 0.6) is 0 Å². The fourth-order valence-corrected chi connectivity index (χ4v) is 3.54. The Bertz CT molecular complexity index is 935. The van der Waals surface area contributed by atoms with Gasteiger partial charge in [0.05, 0.1) is 5.56 Å². The van der Waals surface area contributed by atoms with E-state index in [1.165, 1.54) is 23.6 Å². The van der Waals surface area contributed by atoms with Crippen molar-refractivity contribution < 1.29 is 4.79 Å². The number of hydrogen-bond donors (Lipinski definition) is 1. The summed E-state index contributed by atoms with van der Waals surface area (Å²) < 4.78 is 2.34. The lowest BCUT2D eigenvalue weighted by Gasteiger charge is -2.05. The Labute approximate surface area is 144 Å². The van der Waals surface area contributed by atoms with E-state index in [1.54, 1.807) is 23.6 Å². The van der Waals surface area contributed by atoms with Gasteiger partial charge in [-0.1, -0.05) is 0 Å². The summed E-state index contributed by atoms with van der Waals surface area (Å²) in [6.45, 7) is 2.23. The maximum absolute atomic E-state index is 12.1. The van der Waals surface area contributed by atoms with Gasteiger partial charge >= 0.3 is 0 Å². The molecule has 118 valence electrons. The van der Waals surface area contributed by atoms with Crippen molar-refractivity contribution in [1.29, 1.82) is 0 Å². The summed E-state index contributed by atoms with van der Waals surface area (Å²) >= 11 is 4.71. The average molecular weight is 393 g/mol. The summed E-state index contributed by atoms with van der Waals surface area (Å²) in [6.07, 6.45) is 3.69. The third-order valence-electron chi connectivity index (χ3n) is 3.24. The lowest BCUT2D eigenvalue weighted by Crippen LogP contribution is -2.27. The molecule has 3 aromatic rings. The Morgan fingerprint density at radius 3 is 3.00 bits per heavy atom. The van der Waals surface area contributed by atoms with Crippen molar-refractivity contribution >= 4 is 38.1 Å². The molecule has 0 fully saturated rings. The number of rotatable bonds is 4. The van der Waals surface area contributed by atoms with Gasteiger partial charge in [-0.05, 0) is 28.9 Å². The van der Waals surface area contributed by atoms with Crippen LogP contribution in [0.25, 0.3) is 4.96 Å². The summed E-state index contributed by atoms with van der Waals surface area (Å²) in [5.41, 5.74) is 1.95. The minimum atomic E-state index is -0.195. The van der Waals surface area contributed by atoms with Crippen molar-refractivity contribution in [2.24, 2.45) is 0 Å². The standard InChI is InChI=1S/C15H13BrN4O2S/c1-9-4-13(21)20-12(8-23-15(20)19-9)2-3-18-14(22)10-5-11(16)7-17-6-10/h4-8H,2-3H2,1H3,(H,18,22). The first-order valence-electron chi connectivity index (χ1n) is 6.90. The van der Waals surface area contributed by atoms with E-state index in [0.717, 1.165) is 10.2 Å². The van der Waals surface area contributed by atoms with E-state index in [2.05, 4.69) is 31.2 Å². The van der Waals surface area contributed by atoms with Crippen LogP contribution in [0, 0.1) is 6.92 Å². The summed E-state index contributed by atoms with van der Waals surface area (Å²) in [5.74, 6) is -0.195. The maximum Gasteiger partial charge on any atom is 0.258 e. The van der Waals surface area contributed by atoms with Gasteiger partial charge in [0.25, 0.3) is 11.5 Å². The molecular formula is C15H13BrN4O2S. The number of carbonyl (C=O) groups is 1. The van der Waals surface area contributed by atoms with Gasteiger partial charge < -0.3 is 5.32 Å². The number of hydrogen-bond acceptors (Lipinski definition) is 5. The number of pyridine rings is 1. The Balaban J connectivity index is 1.70. The van der Waals surface area contributed by atoms with Gasteiger partial charge in [-0.25, -0.2) is 4.98 Å². The highest BCUT2D eigenvalue weighted by molar-refractivity contribution is 9.10. The number of aromatic nitrogens is 3. The predicted molar refractivity (Wildman–Crippen MR) is 92.1 cm³/mol. The van der Waals surface area contributed by atoms with Crippen molar-refractivity contribution in [1.82, 2.24) is 19.7 Å². The molecule has 0 aliphatic carbocycles. The second-order valence-corrected chi connectivity index (χ2v) is 6.73. The molecule has 6 nitrogen and oxygen atoms in total. The average Bonchev–Trinajstić information content (AvgIpc) is 2.90. The van der Waals surface area contributed by atoms with Crippen LogP contribution in [0.2, 0.25) is 0 Å². The highest BCUT2D eigenvalue weighted by atomic mass is 79.9. The van der Waals surface area contributed by atoms with E-state index < -0.39 is 0 Å². The summed E-state index contributed by atoms with van der Waals surface area (Å²) in [4.78, 5) is 33.1. The molecule has 3 rings (SSSR count). The van der Waals surface area contributed by atoms with Crippen LogP contribution >= 0.6 is 27.3 Å². The van der Waals surface area contributed by atoms with Crippen molar-refractivity contribution in [3.63, 3.8) is 0 Å². The smallest absolute Gasteiger partial charge is 0.258 e. The molecule has 1 amide bonds. The molecule has 0 saturated carbocycles. The van der Waals surface area contributed by atoms with Gasteiger partial charge in [0.2, 0.25) is 0 Å². The molecule has 0 bridgehead atoms. The quantitative estimate of drug-likeness (QED) is 0.738. The topological polar surface area (TPSA) is 76.4 Å². The van der Waals surface area contributed by atoms with Crippen molar-refractivity contribution in [3.8, 4) is 0 Å². The molecule has 0 saturated heterocycles. The fraction of sp³-hybridized carbons (Fsp3) is 0.200. The van der Waals surface area contributed by atoms with E-state index in [-0.39, 0.29) is 11.5 Å². The predicted octanol–water partition coefficient (Wildman–Crippen LogP) is 2.19. The van der Waals surface area contributed by atoms with Crippen LogP contribution in [0.1, 0.15) is 21.7 Å². The molecular weight excluding hydrogens is 380 g/mol. The number of aryl methyl sites for hydroxylation is 1. The Kier molecular flexibility index (Phi) is 4.53. The number of fused-ring (bicyclic) bond motifs is 1. The molecule has 1 N–H and O–H groups in total. The minimum Gasteiger partial charge on any atom is -0.352 e. The van der Waals surface area contributed by atoms with Crippen LogP contribution in [0.3, 0.4) is 0 Å². The number of halogens is 1. The first-order valence-corrected chi connectivity index (χ1v) is 8.57. The van der Waals surface area contributed by atoms with Crippen LogP contribution in [-0.2, 0) is 6.42 Å². The van der Waals surface area contributed by atoms with Gasteiger partial charge in [0, 0.05) is 52.7 Å². The lowest BCUT2D eigenvalue weighted by molar-refractivity contribution is 0.0953. The van der Waals surface area contributed by atoms with E-state index in [0.29, 0.717) is 29.2 Å². The number of carbonyl (C=O) groups excluding carboxylic acids is 1. The van der Waals surface area contributed by atoms with E-state index >= 15 is 0 Å². The SMILES string of the molecule is Cc1cc(=O)n2c(CCNC(=O)c3cncc(Br)c3)csc2n1. The molecule has 23 heavy (non-hydrogen) atoms. The summed E-state index contributed by atoms with van der Waals surface area (Å²) in [7, 11) is 0. The first kappa shape index (κ1) is 15.8. The highest BCUT2D eigenvalue weighted by Crippen LogP contribution is 2.13. The number of nitrogens with zero attached hydrogens (tertiary/aromatic N) is 3. The molecule has 0 aromatic carbocycles. The lowest BCUT2D eigenvalue weighted by atomic mass is 10.2. The number of amides is 1. The van der Waals surface area contributed by atoms with Crippen LogP contribution in [0.15, 0.2) is 39.2 Å². The van der Waals surface area contributed by atoms with Crippen molar-refractivity contribution in [3.05, 3.63) is 61.7 Å². The van der Waals surface area contributed by atoms with Crippen molar-refractivity contribution in [2.75, 3.05) is 6.54 Å². The largest absolute Gasteiger partial charge is 0.352 e. The molecule has 0 aliphatic heterocycles. The third kappa shape index (κ3) is 3.48. The molecule has 0 aliphatic rings. The Morgan fingerprint density at radius 2 is 2.22 bits per heavy atom. The Hall–Kier alpha value is -2.06. The van der Waals surface area contributed by atoms with Crippen LogP contribution < -0.4 is 10.9 Å². The van der Waals surface area contributed by atoms with Gasteiger partial charge in [-0.3, -0.25) is 19.0 Å². The molecule has 3 aromatic heterocycles. The summed E-state index contributed by atoms with van der Waals surface area (Å²) in [6, 6.07) is 3.22. The second-order valence-electron chi connectivity index (χ2n) is 4.98. The highest BCUT2D eigenvalue weighted by Gasteiger charge is 2.09. The fourth-order valence-electron chi connectivity index (χ4n) is 2.20. The summed E-state index contributed by atoms with van der Waals surface area (Å²) in [5, 5.41) is 4.73. The monoisotopic (exact) mass is 392 g/mol. The van der Waals surface area contributed by atoms with Gasteiger partial charge in [-0.15, -0.1) is 11.3 Å². The Morgan fingerprint density at radius 1 is 1.39 bits per heavy atom. The van der Waals surface area contributed by atoms with Gasteiger partial charge in [-0.2, -0.15) is 0 Å². The van der Waals surface area contributed by atoms with Crippen molar-refractivity contribution in [2.45, 2.75) is 13.3 Å². The number of thiazole rings is 1. The molecule has 0 unspecified atom stereocenters. The first-order chi connectivity index (χ1) is 11.0. The second kappa shape index (κ2) is 6.59. The van der Waals surface area contributed by atoms with Gasteiger partial charge in [0.1, 0.15) is 0 Å². The normalized spacial score (nSPS) is 10.9. The molecule has 0 radical (unpaired) electrons. The molecule has 0 spiro atoms. The molecule has 8 heteroatoms. The van der Waals surface area contributed by atoms with Crippen LogP contribution in [0.4, 0.5) is 0 Å². The minimum absolute atomic E-state index is 0.0914. The third-order valence-corrected chi connectivity index (χ3v) is 4.55. The molecule has 0 atom stereocenters. The van der Waals surface area contributed by atoms with Gasteiger partial charge in [0.15, 0.2) is 4.96 Å². The zero-order chi connectivity index (χ0) is 16.4. The molecule has 3 heterocycles. The van der Waals surface area contributed by atoms with Crippen LogP contribution in [-0.4, -0.2) is 26.8 Å². The maximum atomic E-state index is 12.1. The zero-order valence-electron chi connectivity index (χ0n) is 12.2. The van der Waals surface area contributed by atoms with E-state index in [1.807, 2.05) is 5.38 Å². The number of nitrogens with one attached hydrogen (secondary N) is 1.